The molecule has 0 aliphatic carbocycles. The van der Waals surface area contributed by atoms with E-state index in [1.165, 1.54) is 14.5 Å². The quantitative estimate of drug-likeness (QED) is 0.479. The van der Waals surface area contributed by atoms with Crippen LogP contribution >= 0.6 is 0 Å². The second-order valence-corrected chi connectivity index (χ2v) is 8.98. The zero-order valence-corrected chi connectivity index (χ0v) is 17.9. The molecule has 0 spiro atoms. The number of hydrogen-bond acceptors (Lipinski definition) is 3. The van der Waals surface area contributed by atoms with Gasteiger partial charge in [0.05, 0.1) is 0 Å². The number of nitrogens with zero attached hydrogens (tertiary/aromatic N) is 3. The summed E-state index contributed by atoms with van der Waals surface area (Å²) in [7, 11) is 0. The van der Waals surface area contributed by atoms with Crippen LogP contribution in [-0.2, 0) is 0 Å². The number of carbonyl (C=O) groups is 1. The van der Waals surface area contributed by atoms with Crippen molar-refractivity contribution in [2.45, 2.75) is 13.8 Å². The van der Waals surface area contributed by atoms with Crippen molar-refractivity contribution < 1.29 is 4.79 Å². The van der Waals surface area contributed by atoms with E-state index in [2.05, 4.69) is 52.9 Å². The van der Waals surface area contributed by atoms with E-state index in [1.807, 2.05) is 55.5 Å². The number of aromatic nitrogens is 3. The van der Waals surface area contributed by atoms with Gasteiger partial charge < -0.3 is 0 Å². The first kappa shape index (κ1) is 19.1. The average molecular weight is 447 g/mol. The topological polar surface area (TPSA) is 59.8 Å². The Bertz CT molecular complexity index is 1140. The monoisotopic (exact) mass is 448 g/mol. The number of nitrogens with one attached hydrogen (secondary N) is 1. The molecule has 0 aliphatic heterocycles. The SMILES string of the molecule is Cc1ccc([Se]c2ccccc2-n2nnc(C(=O)Nc3ccccc3)c2C)cc1. The van der Waals surface area contributed by atoms with Crippen LogP contribution in [0.15, 0.2) is 78.9 Å². The molecule has 0 saturated heterocycles. The van der Waals surface area contributed by atoms with Gasteiger partial charge in [-0.1, -0.05) is 0 Å². The second-order valence-electron chi connectivity index (χ2n) is 6.64. The molecule has 0 fully saturated rings. The third-order valence-electron chi connectivity index (χ3n) is 4.48. The fraction of sp³-hybridized carbons (Fsp3) is 0.0870. The molecule has 6 heteroatoms. The van der Waals surface area contributed by atoms with Gasteiger partial charge in [0, 0.05) is 0 Å². The van der Waals surface area contributed by atoms with Gasteiger partial charge in [0.25, 0.3) is 0 Å². The first-order valence-corrected chi connectivity index (χ1v) is 11.0. The van der Waals surface area contributed by atoms with Crippen molar-refractivity contribution in [3.05, 3.63) is 95.8 Å². The van der Waals surface area contributed by atoms with Crippen molar-refractivity contribution in [3.8, 4) is 5.69 Å². The summed E-state index contributed by atoms with van der Waals surface area (Å²) >= 11 is 0.120. The first-order chi connectivity index (χ1) is 14.1. The molecule has 0 atom stereocenters. The number of aryl methyl sites for hydroxylation is 1. The third kappa shape index (κ3) is 4.29. The van der Waals surface area contributed by atoms with Crippen LogP contribution in [0.3, 0.4) is 0 Å². The summed E-state index contributed by atoms with van der Waals surface area (Å²) in [6.45, 7) is 3.96. The number of amides is 1. The fourth-order valence-corrected chi connectivity index (χ4v) is 4.89. The van der Waals surface area contributed by atoms with Crippen molar-refractivity contribution in [2.75, 3.05) is 5.32 Å². The van der Waals surface area contributed by atoms with Crippen molar-refractivity contribution in [1.29, 1.82) is 0 Å². The molecular formula is C23H20N4OSe. The Morgan fingerprint density at radius 3 is 2.34 bits per heavy atom. The van der Waals surface area contributed by atoms with E-state index in [1.54, 1.807) is 4.68 Å². The van der Waals surface area contributed by atoms with Crippen LogP contribution in [0.5, 0.6) is 0 Å². The van der Waals surface area contributed by atoms with Crippen LogP contribution in [0.1, 0.15) is 21.7 Å². The summed E-state index contributed by atoms with van der Waals surface area (Å²) in [5, 5.41) is 11.3. The summed E-state index contributed by atoms with van der Waals surface area (Å²) in [5.41, 5.74) is 3.97. The van der Waals surface area contributed by atoms with Crippen molar-refractivity contribution in [3.63, 3.8) is 0 Å². The predicted octanol–water partition coefficient (Wildman–Crippen LogP) is 2.79. The van der Waals surface area contributed by atoms with E-state index in [0.717, 1.165) is 11.4 Å². The Labute approximate surface area is 175 Å². The number of benzene rings is 3. The molecule has 4 rings (SSSR count). The summed E-state index contributed by atoms with van der Waals surface area (Å²) in [6.07, 6.45) is 0. The molecule has 4 aromatic rings. The van der Waals surface area contributed by atoms with Gasteiger partial charge in [0.15, 0.2) is 0 Å². The number of rotatable bonds is 5. The zero-order chi connectivity index (χ0) is 20.2. The van der Waals surface area contributed by atoms with E-state index >= 15 is 0 Å². The standard InChI is InChI=1S/C23H20N4OSe/c1-16-12-14-19(15-13-16)29-21-11-7-6-10-20(21)27-17(2)22(25-26-27)23(28)24-18-8-4-3-5-9-18/h3-15H,1-2H3,(H,24,28). The molecule has 144 valence electrons. The molecule has 29 heavy (non-hydrogen) atoms. The molecular weight excluding hydrogens is 427 g/mol. The van der Waals surface area contributed by atoms with Gasteiger partial charge in [-0.2, -0.15) is 0 Å². The molecule has 1 aromatic heterocycles. The Morgan fingerprint density at radius 2 is 1.59 bits per heavy atom. The van der Waals surface area contributed by atoms with E-state index in [4.69, 9.17) is 0 Å². The van der Waals surface area contributed by atoms with Gasteiger partial charge in [-0.15, -0.1) is 0 Å². The minimum atomic E-state index is -0.263. The normalized spacial score (nSPS) is 10.7. The zero-order valence-electron chi connectivity index (χ0n) is 16.2. The molecule has 1 heterocycles. The molecule has 0 radical (unpaired) electrons. The van der Waals surface area contributed by atoms with Gasteiger partial charge in [-0.3, -0.25) is 0 Å². The molecule has 5 nitrogen and oxygen atoms in total. The molecule has 0 saturated carbocycles. The van der Waals surface area contributed by atoms with Crippen LogP contribution in [0.25, 0.3) is 5.69 Å². The number of anilines is 1. The van der Waals surface area contributed by atoms with Gasteiger partial charge in [-0.25, -0.2) is 0 Å². The Hall–Kier alpha value is -3.21. The molecule has 1 amide bonds. The van der Waals surface area contributed by atoms with E-state index in [0.29, 0.717) is 11.4 Å². The maximum absolute atomic E-state index is 12.7. The van der Waals surface area contributed by atoms with Crippen molar-refractivity contribution in [2.24, 2.45) is 0 Å². The number of carbonyl (C=O) groups excluding carboxylic acids is 1. The average Bonchev–Trinajstić information content (AvgIpc) is 3.12. The number of para-hydroxylation sites is 2. The summed E-state index contributed by atoms with van der Waals surface area (Å²) in [5.74, 6) is -0.263. The molecule has 0 aliphatic rings. The van der Waals surface area contributed by atoms with E-state index < -0.39 is 0 Å². The van der Waals surface area contributed by atoms with Gasteiger partial charge in [0.1, 0.15) is 0 Å². The first-order valence-electron chi connectivity index (χ1n) is 9.24. The molecule has 1 N–H and O–H groups in total. The van der Waals surface area contributed by atoms with Crippen molar-refractivity contribution in [1.82, 2.24) is 15.0 Å². The maximum atomic E-state index is 12.7. The van der Waals surface area contributed by atoms with Crippen LogP contribution < -0.4 is 14.2 Å². The van der Waals surface area contributed by atoms with Crippen LogP contribution in [0, 0.1) is 13.8 Å². The van der Waals surface area contributed by atoms with E-state index in [-0.39, 0.29) is 20.9 Å². The Kier molecular flexibility index (Phi) is 5.56. The Balaban J connectivity index is 1.63. The minimum absolute atomic E-state index is 0.120. The second kappa shape index (κ2) is 8.43. The fourth-order valence-electron chi connectivity index (χ4n) is 2.93. The third-order valence-corrected chi connectivity index (χ3v) is 6.73. The number of hydrogen-bond donors (Lipinski definition) is 1. The van der Waals surface area contributed by atoms with Crippen LogP contribution in [0.4, 0.5) is 5.69 Å². The van der Waals surface area contributed by atoms with E-state index in [9.17, 15) is 4.79 Å². The summed E-state index contributed by atoms with van der Waals surface area (Å²) in [6, 6.07) is 26.1. The van der Waals surface area contributed by atoms with Crippen LogP contribution in [-0.4, -0.2) is 35.9 Å². The predicted molar refractivity (Wildman–Crippen MR) is 117 cm³/mol. The van der Waals surface area contributed by atoms with Gasteiger partial charge in [-0.05, 0) is 0 Å². The van der Waals surface area contributed by atoms with Gasteiger partial charge >= 0.3 is 176 Å². The Morgan fingerprint density at radius 1 is 0.897 bits per heavy atom. The van der Waals surface area contributed by atoms with Crippen molar-refractivity contribution >= 4 is 35.5 Å². The molecule has 0 bridgehead atoms. The van der Waals surface area contributed by atoms with Gasteiger partial charge in [0.2, 0.25) is 0 Å². The molecule has 0 unspecified atom stereocenters. The summed E-state index contributed by atoms with van der Waals surface area (Å²) in [4.78, 5) is 12.7. The summed E-state index contributed by atoms with van der Waals surface area (Å²) < 4.78 is 4.23. The molecule has 3 aromatic carbocycles. The van der Waals surface area contributed by atoms with Crippen LogP contribution in [0.2, 0.25) is 0 Å².